The fraction of sp³-hybridized carbons (Fsp3) is 0.375. The lowest BCUT2D eigenvalue weighted by atomic mass is 10.3. The summed E-state index contributed by atoms with van der Waals surface area (Å²) in [4.78, 5) is 11.8. The summed E-state index contributed by atoms with van der Waals surface area (Å²) in [5.41, 5.74) is 2.94. The molecule has 0 aliphatic heterocycles. The number of guanidine groups is 1. The zero-order valence-electron chi connectivity index (χ0n) is 13.7. The highest BCUT2D eigenvalue weighted by atomic mass is 127. The van der Waals surface area contributed by atoms with Crippen molar-refractivity contribution >= 4 is 41.3 Å². The van der Waals surface area contributed by atoms with E-state index in [2.05, 4.69) is 20.2 Å². The molecule has 0 amide bonds. The predicted molar refractivity (Wildman–Crippen MR) is 107 cm³/mol. The maximum Gasteiger partial charge on any atom is 0.193 e. The molecular weight excluding hydrogens is 423 g/mol. The summed E-state index contributed by atoms with van der Waals surface area (Å²) in [6, 6.07) is 9.83. The standard InChI is InChI=1S/C16H22N4OS.HI/c1-13-15(22-12-19-13)11-18-16(17-2)20(3)9-10-21-14-7-5-4-6-8-14;/h4-8,12H,9-11H2,1-3H3,(H,17,18);1H. The number of hydrogen-bond acceptors (Lipinski definition) is 4. The molecule has 0 spiro atoms. The van der Waals surface area contributed by atoms with Crippen LogP contribution in [0.15, 0.2) is 40.8 Å². The molecule has 5 nitrogen and oxygen atoms in total. The van der Waals surface area contributed by atoms with Gasteiger partial charge in [0.05, 0.1) is 24.3 Å². The van der Waals surface area contributed by atoms with Crippen LogP contribution in [0.5, 0.6) is 5.75 Å². The fourth-order valence-corrected chi connectivity index (χ4v) is 2.68. The molecule has 1 heterocycles. The van der Waals surface area contributed by atoms with Crippen molar-refractivity contribution in [3.05, 3.63) is 46.4 Å². The molecule has 1 aromatic heterocycles. The zero-order valence-corrected chi connectivity index (χ0v) is 16.8. The van der Waals surface area contributed by atoms with E-state index in [1.807, 2.05) is 49.8 Å². The highest BCUT2D eigenvalue weighted by Gasteiger charge is 2.07. The van der Waals surface area contributed by atoms with Crippen LogP contribution in [0, 0.1) is 6.92 Å². The van der Waals surface area contributed by atoms with Gasteiger partial charge in [-0.05, 0) is 19.1 Å². The van der Waals surface area contributed by atoms with Gasteiger partial charge in [-0.3, -0.25) is 4.99 Å². The number of para-hydroxylation sites is 1. The molecule has 0 saturated carbocycles. The first-order valence-electron chi connectivity index (χ1n) is 7.19. The van der Waals surface area contributed by atoms with E-state index >= 15 is 0 Å². The predicted octanol–water partition coefficient (Wildman–Crippen LogP) is 3.16. The quantitative estimate of drug-likeness (QED) is 0.421. The highest BCUT2D eigenvalue weighted by Crippen LogP contribution is 2.11. The number of aromatic nitrogens is 1. The third-order valence-corrected chi connectivity index (χ3v) is 4.20. The van der Waals surface area contributed by atoms with Crippen molar-refractivity contribution < 1.29 is 4.74 Å². The summed E-state index contributed by atoms with van der Waals surface area (Å²) < 4.78 is 5.71. The Kier molecular flexibility index (Phi) is 8.93. The number of halogens is 1. The van der Waals surface area contributed by atoms with E-state index in [9.17, 15) is 0 Å². The van der Waals surface area contributed by atoms with Crippen LogP contribution in [0.4, 0.5) is 0 Å². The number of aliphatic imine (C=N–C) groups is 1. The van der Waals surface area contributed by atoms with Crippen molar-refractivity contribution in [3.8, 4) is 5.75 Å². The van der Waals surface area contributed by atoms with Crippen molar-refractivity contribution in [2.45, 2.75) is 13.5 Å². The summed E-state index contributed by atoms with van der Waals surface area (Å²) in [5.74, 6) is 1.74. The maximum atomic E-state index is 5.71. The largest absolute Gasteiger partial charge is 0.492 e. The average molecular weight is 446 g/mol. The Hall–Kier alpha value is -1.35. The third-order valence-electron chi connectivity index (χ3n) is 3.26. The van der Waals surface area contributed by atoms with E-state index in [1.165, 1.54) is 4.88 Å². The van der Waals surface area contributed by atoms with Gasteiger partial charge in [0.15, 0.2) is 5.96 Å². The number of rotatable bonds is 6. The minimum absolute atomic E-state index is 0. The number of benzene rings is 1. The van der Waals surface area contributed by atoms with Crippen LogP contribution in [0.25, 0.3) is 0 Å². The summed E-state index contributed by atoms with van der Waals surface area (Å²) in [6.07, 6.45) is 0. The molecule has 0 bridgehead atoms. The SMILES string of the molecule is CN=C(NCc1scnc1C)N(C)CCOc1ccccc1.I. The summed E-state index contributed by atoms with van der Waals surface area (Å²) in [5, 5.41) is 3.35. The highest BCUT2D eigenvalue weighted by molar-refractivity contribution is 14.0. The van der Waals surface area contributed by atoms with Crippen molar-refractivity contribution in [3.63, 3.8) is 0 Å². The first kappa shape index (κ1) is 19.7. The molecule has 0 fully saturated rings. The minimum Gasteiger partial charge on any atom is -0.492 e. The lowest BCUT2D eigenvalue weighted by molar-refractivity contribution is 0.281. The van der Waals surface area contributed by atoms with Crippen LogP contribution < -0.4 is 10.1 Å². The van der Waals surface area contributed by atoms with E-state index in [0.29, 0.717) is 6.61 Å². The number of nitrogens with zero attached hydrogens (tertiary/aromatic N) is 3. The number of likely N-dealkylation sites (N-methyl/N-ethyl adjacent to an activating group) is 1. The van der Waals surface area contributed by atoms with Gasteiger partial charge in [-0.1, -0.05) is 18.2 Å². The summed E-state index contributed by atoms with van der Waals surface area (Å²) >= 11 is 1.66. The van der Waals surface area contributed by atoms with E-state index in [4.69, 9.17) is 4.74 Å². The summed E-state index contributed by atoms with van der Waals surface area (Å²) in [7, 11) is 3.79. The van der Waals surface area contributed by atoms with Crippen LogP contribution in [-0.4, -0.2) is 43.1 Å². The third kappa shape index (κ3) is 6.34. The van der Waals surface area contributed by atoms with E-state index in [-0.39, 0.29) is 24.0 Å². The molecule has 0 aliphatic rings. The second kappa shape index (κ2) is 10.4. The molecule has 0 radical (unpaired) electrons. The van der Waals surface area contributed by atoms with Crippen molar-refractivity contribution in [1.29, 1.82) is 0 Å². The molecule has 1 N–H and O–H groups in total. The Labute approximate surface area is 158 Å². The smallest absolute Gasteiger partial charge is 0.193 e. The van der Waals surface area contributed by atoms with Crippen molar-refractivity contribution in [2.75, 3.05) is 27.2 Å². The van der Waals surface area contributed by atoms with Gasteiger partial charge in [0.1, 0.15) is 12.4 Å². The monoisotopic (exact) mass is 446 g/mol. The van der Waals surface area contributed by atoms with Gasteiger partial charge in [0, 0.05) is 19.0 Å². The minimum atomic E-state index is 0. The Morgan fingerprint density at radius 3 is 2.70 bits per heavy atom. The van der Waals surface area contributed by atoms with Gasteiger partial charge in [0.25, 0.3) is 0 Å². The van der Waals surface area contributed by atoms with Crippen molar-refractivity contribution in [1.82, 2.24) is 15.2 Å². The number of aryl methyl sites for hydroxylation is 1. The van der Waals surface area contributed by atoms with E-state index < -0.39 is 0 Å². The number of nitrogens with one attached hydrogen (secondary N) is 1. The van der Waals surface area contributed by atoms with Gasteiger partial charge >= 0.3 is 0 Å². The molecule has 0 atom stereocenters. The fourth-order valence-electron chi connectivity index (χ4n) is 1.96. The second-order valence-corrected chi connectivity index (χ2v) is 5.78. The van der Waals surface area contributed by atoms with Gasteiger partial charge in [0.2, 0.25) is 0 Å². The molecule has 0 saturated heterocycles. The van der Waals surface area contributed by atoms with Crippen LogP contribution in [0.3, 0.4) is 0 Å². The molecule has 126 valence electrons. The number of hydrogen-bond donors (Lipinski definition) is 1. The average Bonchev–Trinajstić information content (AvgIpc) is 2.94. The lowest BCUT2D eigenvalue weighted by Gasteiger charge is -2.22. The first-order chi connectivity index (χ1) is 10.7. The van der Waals surface area contributed by atoms with Gasteiger partial charge in [-0.15, -0.1) is 35.3 Å². The maximum absolute atomic E-state index is 5.71. The number of thiazole rings is 1. The molecule has 2 rings (SSSR count). The normalized spacial score (nSPS) is 10.8. The molecule has 2 aromatic rings. The zero-order chi connectivity index (χ0) is 15.8. The lowest BCUT2D eigenvalue weighted by Crippen LogP contribution is -2.40. The Bertz CT molecular complexity index is 603. The molecule has 0 aliphatic carbocycles. The second-order valence-electron chi connectivity index (χ2n) is 4.84. The summed E-state index contributed by atoms with van der Waals surface area (Å²) in [6.45, 7) is 4.14. The van der Waals surface area contributed by atoms with Crippen LogP contribution in [0.1, 0.15) is 10.6 Å². The van der Waals surface area contributed by atoms with E-state index in [1.54, 1.807) is 18.4 Å². The van der Waals surface area contributed by atoms with E-state index in [0.717, 1.165) is 30.5 Å². The van der Waals surface area contributed by atoms with Crippen LogP contribution >= 0.6 is 35.3 Å². The van der Waals surface area contributed by atoms with Gasteiger partial charge in [-0.25, -0.2) is 4.98 Å². The Morgan fingerprint density at radius 1 is 1.35 bits per heavy atom. The van der Waals surface area contributed by atoms with Crippen molar-refractivity contribution in [2.24, 2.45) is 4.99 Å². The molecule has 23 heavy (non-hydrogen) atoms. The van der Waals surface area contributed by atoms with Crippen LogP contribution in [-0.2, 0) is 6.54 Å². The molecule has 1 aromatic carbocycles. The Morgan fingerprint density at radius 2 is 2.09 bits per heavy atom. The van der Waals surface area contributed by atoms with Gasteiger partial charge < -0.3 is 15.0 Å². The molecule has 7 heteroatoms. The molecule has 0 unspecified atom stereocenters. The Balaban J connectivity index is 0.00000264. The topological polar surface area (TPSA) is 49.8 Å². The molecular formula is C16H23IN4OS. The number of ether oxygens (including phenoxy) is 1. The van der Waals surface area contributed by atoms with Crippen LogP contribution in [0.2, 0.25) is 0 Å². The first-order valence-corrected chi connectivity index (χ1v) is 8.07. The van der Waals surface area contributed by atoms with Gasteiger partial charge in [-0.2, -0.15) is 0 Å².